The summed E-state index contributed by atoms with van der Waals surface area (Å²) in [6, 6.07) is 6.24. The van der Waals surface area contributed by atoms with E-state index in [4.69, 9.17) is 0 Å². The lowest BCUT2D eigenvalue weighted by Gasteiger charge is -2.30. The van der Waals surface area contributed by atoms with Crippen molar-refractivity contribution >= 4 is 15.9 Å². The SMILES string of the molecule is CCN(Cc1cccc(C)n1)CC(C)(C)CBr. The van der Waals surface area contributed by atoms with Crippen LogP contribution in [0.15, 0.2) is 18.2 Å². The molecule has 0 atom stereocenters. The highest BCUT2D eigenvalue weighted by molar-refractivity contribution is 9.09. The molecule has 96 valence electrons. The van der Waals surface area contributed by atoms with Crippen LogP contribution in [0, 0.1) is 12.3 Å². The minimum Gasteiger partial charge on any atom is -0.297 e. The van der Waals surface area contributed by atoms with Crippen molar-refractivity contribution in [1.82, 2.24) is 9.88 Å². The van der Waals surface area contributed by atoms with Crippen molar-refractivity contribution in [2.45, 2.75) is 34.2 Å². The lowest BCUT2D eigenvalue weighted by atomic mass is 9.96. The van der Waals surface area contributed by atoms with Crippen molar-refractivity contribution < 1.29 is 0 Å². The maximum Gasteiger partial charge on any atom is 0.0547 e. The van der Waals surface area contributed by atoms with Crippen molar-refractivity contribution in [3.8, 4) is 0 Å². The molecule has 0 fully saturated rings. The van der Waals surface area contributed by atoms with Crippen molar-refractivity contribution in [1.29, 1.82) is 0 Å². The summed E-state index contributed by atoms with van der Waals surface area (Å²) in [5.41, 5.74) is 2.57. The Kier molecular flexibility index (Phi) is 5.60. The smallest absolute Gasteiger partial charge is 0.0547 e. The second kappa shape index (κ2) is 6.50. The maximum atomic E-state index is 4.56. The third-order valence-electron chi connectivity index (χ3n) is 2.79. The van der Waals surface area contributed by atoms with E-state index in [1.54, 1.807) is 0 Å². The van der Waals surface area contributed by atoms with Gasteiger partial charge >= 0.3 is 0 Å². The van der Waals surface area contributed by atoms with Gasteiger partial charge in [0.05, 0.1) is 5.69 Å². The van der Waals surface area contributed by atoms with E-state index in [1.165, 1.54) is 0 Å². The number of rotatable bonds is 6. The van der Waals surface area contributed by atoms with Crippen LogP contribution in [0.2, 0.25) is 0 Å². The number of aromatic nitrogens is 1. The fourth-order valence-corrected chi connectivity index (χ4v) is 2.02. The number of aryl methyl sites for hydroxylation is 1. The first kappa shape index (κ1) is 14.7. The van der Waals surface area contributed by atoms with Gasteiger partial charge in [-0.05, 0) is 31.0 Å². The lowest BCUT2D eigenvalue weighted by Crippen LogP contribution is -2.35. The van der Waals surface area contributed by atoms with Crippen LogP contribution < -0.4 is 0 Å². The minimum atomic E-state index is 0.305. The van der Waals surface area contributed by atoms with Gasteiger partial charge in [0.1, 0.15) is 0 Å². The first-order valence-corrected chi connectivity index (χ1v) is 7.30. The monoisotopic (exact) mass is 298 g/mol. The predicted molar refractivity (Wildman–Crippen MR) is 77.5 cm³/mol. The molecule has 0 bridgehead atoms. The molecule has 0 amide bonds. The first-order valence-electron chi connectivity index (χ1n) is 6.17. The molecule has 17 heavy (non-hydrogen) atoms. The van der Waals surface area contributed by atoms with Crippen LogP contribution in [0.4, 0.5) is 0 Å². The second-order valence-electron chi connectivity index (χ2n) is 5.37. The standard InChI is InChI=1S/C14H23BrN2/c1-5-17(11-14(3,4)10-15)9-13-8-6-7-12(2)16-13/h6-8H,5,9-11H2,1-4H3. The quantitative estimate of drug-likeness (QED) is 0.746. The fourth-order valence-electron chi connectivity index (χ4n) is 1.84. The van der Waals surface area contributed by atoms with Gasteiger partial charge in [-0.3, -0.25) is 9.88 Å². The summed E-state index contributed by atoms with van der Waals surface area (Å²) in [5, 5.41) is 1.03. The highest BCUT2D eigenvalue weighted by Crippen LogP contribution is 2.20. The molecular formula is C14H23BrN2. The molecule has 1 rings (SSSR count). The second-order valence-corrected chi connectivity index (χ2v) is 5.93. The van der Waals surface area contributed by atoms with Crippen molar-refractivity contribution in [3.63, 3.8) is 0 Å². The molecule has 1 aromatic heterocycles. The summed E-state index contributed by atoms with van der Waals surface area (Å²) in [6.07, 6.45) is 0. The molecular weight excluding hydrogens is 276 g/mol. The summed E-state index contributed by atoms with van der Waals surface area (Å²) >= 11 is 3.58. The number of nitrogens with zero attached hydrogens (tertiary/aromatic N) is 2. The summed E-state index contributed by atoms with van der Waals surface area (Å²) in [7, 11) is 0. The van der Waals surface area contributed by atoms with E-state index in [2.05, 4.69) is 58.7 Å². The van der Waals surface area contributed by atoms with E-state index in [1.807, 2.05) is 13.0 Å². The Morgan fingerprint density at radius 2 is 2.06 bits per heavy atom. The number of hydrogen-bond acceptors (Lipinski definition) is 2. The first-order chi connectivity index (χ1) is 7.96. The van der Waals surface area contributed by atoms with E-state index in [-0.39, 0.29) is 0 Å². The Hall–Kier alpha value is -0.410. The molecule has 1 heterocycles. The van der Waals surface area contributed by atoms with Crippen molar-refractivity contribution in [2.75, 3.05) is 18.4 Å². The van der Waals surface area contributed by atoms with Gasteiger partial charge in [0, 0.05) is 24.1 Å². The molecule has 0 unspecified atom stereocenters. The Morgan fingerprint density at radius 3 is 2.59 bits per heavy atom. The van der Waals surface area contributed by atoms with Gasteiger partial charge in [0.15, 0.2) is 0 Å². The summed E-state index contributed by atoms with van der Waals surface area (Å²) in [6.45, 7) is 11.9. The Bertz CT molecular complexity index is 350. The van der Waals surface area contributed by atoms with E-state index in [0.29, 0.717) is 5.41 Å². The highest BCUT2D eigenvalue weighted by Gasteiger charge is 2.20. The van der Waals surface area contributed by atoms with Gasteiger partial charge < -0.3 is 0 Å². The van der Waals surface area contributed by atoms with E-state index < -0.39 is 0 Å². The average molecular weight is 299 g/mol. The van der Waals surface area contributed by atoms with Gasteiger partial charge in [0.2, 0.25) is 0 Å². The number of hydrogen-bond donors (Lipinski definition) is 0. The molecule has 0 saturated carbocycles. The summed E-state index contributed by atoms with van der Waals surface area (Å²) < 4.78 is 0. The molecule has 0 spiro atoms. The van der Waals surface area contributed by atoms with Crippen LogP contribution in [0.3, 0.4) is 0 Å². The molecule has 0 radical (unpaired) electrons. The summed E-state index contributed by atoms with van der Waals surface area (Å²) in [4.78, 5) is 7.01. The van der Waals surface area contributed by atoms with Crippen LogP contribution in [-0.4, -0.2) is 28.3 Å². The number of halogens is 1. The average Bonchev–Trinajstić information content (AvgIpc) is 2.28. The molecule has 0 N–H and O–H groups in total. The Labute approximate surface area is 114 Å². The van der Waals surface area contributed by atoms with Crippen LogP contribution in [-0.2, 0) is 6.54 Å². The van der Waals surface area contributed by atoms with E-state index >= 15 is 0 Å². The third-order valence-corrected chi connectivity index (χ3v) is 4.31. The zero-order chi connectivity index (χ0) is 12.9. The molecule has 0 aromatic carbocycles. The largest absolute Gasteiger partial charge is 0.297 e. The number of alkyl halides is 1. The normalized spacial score (nSPS) is 12.1. The molecule has 0 aliphatic rings. The van der Waals surface area contributed by atoms with Gasteiger partial charge in [-0.1, -0.05) is 42.8 Å². The van der Waals surface area contributed by atoms with E-state index in [9.17, 15) is 0 Å². The number of pyridine rings is 1. The van der Waals surface area contributed by atoms with Gasteiger partial charge in [-0.25, -0.2) is 0 Å². The zero-order valence-corrected chi connectivity index (χ0v) is 12.9. The van der Waals surface area contributed by atoms with Crippen molar-refractivity contribution in [2.24, 2.45) is 5.41 Å². The Balaban J connectivity index is 2.64. The third kappa shape index (κ3) is 5.17. The molecule has 0 aliphatic heterocycles. The van der Waals surface area contributed by atoms with E-state index in [0.717, 1.165) is 36.4 Å². The molecule has 3 heteroatoms. The lowest BCUT2D eigenvalue weighted by molar-refractivity contribution is 0.194. The molecule has 0 saturated heterocycles. The minimum absolute atomic E-state index is 0.305. The molecule has 1 aromatic rings. The molecule has 0 aliphatic carbocycles. The fraction of sp³-hybridized carbons (Fsp3) is 0.643. The van der Waals surface area contributed by atoms with Crippen LogP contribution >= 0.6 is 15.9 Å². The Morgan fingerprint density at radius 1 is 1.35 bits per heavy atom. The van der Waals surface area contributed by atoms with Crippen LogP contribution in [0.5, 0.6) is 0 Å². The van der Waals surface area contributed by atoms with Gasteiger partial charge in [-0.15, -0.1) is 0 Å². The van der Waals surface area contributed by atoms with Gasteiger partial charge in [-0.2, -0.15) is 0 Å². The van der Waals surface area contributed by atoms with Crippen LogP contribution in [0.1, 0.15) is 32.2 Å². The van der Waals surface area contributed by atoms with Gasteiger partial charge in [0.25, 0.3) is 0 Å². The topological polar surface area (TPSA) is 16.1 Å². The highest BCUT2D eigenvalue weighted by atomic mass is 79.9. The van der Waals surface area contributed by atoms with Crippen molar-refractivity contribution in [3.05, 3.63) is 29.6 Å². The van der Waals surface area contributed by atoms with Crippen LogP contribution in [0.25, 0.3) is 0 Å². The summed E-state index contributed by atoms with van der Waals surface area (Å²) in [5.74, 6) is 0. The predicted octanol–water partition coefficient (Wildman–Crippen LogP) is 3.63. The zero-order valence-electron chi connectivity index (χ0n) is 11.3. The maximum absolute atomic E-state index is 4.56. The molecule has 2 nitrogen and oxygen atoms in total.